The summed E-state index contributed by atoms with van der Waals surface area (Å²) in [5, 5.41) is 0. The van der Waals surface area contributed by atoms with E-state index >= 15 is 0 Å². The van der Waals surface area contributed by atoms with Crippen molar-refractivity contribution in [2.24, 2.45) is 11.8 Å². The van der Waals surface area contributed by atoms with E-state index in [0.29, 0.717) is 0 Å². The first-order chi connectivity index (χ1) is 10.7. The molecule has 0 aliphatic rings. The van der Waals surface area contributed by atoms with Crippen molar-refractivity contribution in [1.29, 1.82) is 0 Å². The van der Waals surface area contributed by atoms with Crippen molar-refractivity contribution in [3.8, 4) is 0 Å². The van der Waals surface area contributed by atoms with Crippen LogP contribution in [-0.4, -0.2) is 16.5 Å². The topological polar surface area (TPSA) is 0 Å². The predicted octanol–water partition coefficient (Wildman–Crippen LogP) is 8.21. The molecule has 0 bridgehead atoms. The zero-order valence-electron chi connectivity index (χ0n) is 15.8. The Hall–Kier alpha value is 1.50. The highest BCUT2D eigenvalue weighted by Gasteiger charge is 2.08. The summed E-state index contributed by atoms with van der Waals surface area (Å²) in [5.41, 5.74) is 0. The van der Waals surface area contributed by atoms with Gasteiger partial charge in [0.05, 0.1) is 0 Å². The first-order valence-corrected chi connectivity index (χ1v) is 16.4. The summed E-state index contributed by atoms with van der Waals surface area (Å²) in [5.74, 6) is 1.93. The number of hydrogen-bond acceptors (Lipinski definition) is 0. The molecule has 0 amide bonds. The molecule has 0 aromatic heterocycles. The van der Waals surface area contributed by atoms with Gasteiger partial charge in [-0.2, -0.15) is 0 Å². The fourth-order valence-electron chi connectivity index (χ4n) is 3.49. The number of hydrogen-bond donors (Lipinski definition) is 0. The quantitative estimate of drug-likeness (QED) is 0.123. The van der Waals surface area contributed by atoms with Gasteiger partial charge < -0.3 is 18.9 Å². The lowest BCUT2D eigenvalue weighted by Gasteiger charge is -2.17. The standard InChI is InChI=1S/C20H41.HI.Mg/c1-5-7-8-9-10-11-12-13-14-15-17-20(4)18-19(3)16-6-2;;/h19-20H,2,5-18H2,1,3-4H3;1H;/q;;+1/p-1. The van der Waals surface area contributed by atoms with Crippen LogP contribution >= 0.6 is 18.9 Å². The zero-order valence-corrected chi connectivity index (χ0v) is 19.4. The van der Waals surface area contributed by atoms with Gasteiger partial charge in [-0.25, -0.2) is 0 Å². The molecule has 0 aliphatic heterocycles. The van der Waals surface area contributed by atoms with Gasteiger partial charge in [0, 0.05) is 0 Å². The molecule has 22 heavy (non-hydrogen) atoms. The van der Waals surface area contributed by atoms with E-state index in [2.05, 4.69) is 39.6 Å². The van der Waals surface area contributed by atoms with E-state index in [0.717, 1.165) is 11.8 Å². The number of unbranched alkanes of at least 4 members (excludes halogenated alkanes) is 9. The molecule has 0 N–H and O–H groups in total. The van der Waals surface area contributed by atoms with Crippen LogP contribution in [0.25, 0.3) is 0 Å². The largest absolute Gasteiger partial charge is 0.463 e. The minimum atomic E-state index is 0.284. The summed E-state index contributed by atoms with van der Waals surface area (Å²) < 4.78 is 1.55. The van der Waals surface area contributed by atoms with Crippen LogP contribution in [-0.2, 0) is 0 Å². The second-order valence-electron chi connectivity index (χ2n) is 7.60. The molecule has 0 fully saturated rings. The molecule has 0 aromatic rings. The zero-order chi connectivity index (χ0) is 16.5. The summed E-state index contributed by atoms with van der Waals surface area (Å²) in [7, 11) is 0. The average Bonchev–Trinajstić information content (AvgIpc) is 2.49. The van der Waals surface area contributed by atoms with Crippen molar-refractivity contribution in [3.05, 3.63) is 0 Å². The fraction of sp³-hybridized carbons (Fsp3) is 1.00. The van der Waals surface area contributed by atoms with Crippen LogP contribution in [0.3, 0.4) is 0 Å². The maximum Gasteiger partial charge on any atom is 0.463 e. The van der Waals surface area contributed by atoms with Crippen molar-refractivity contribution in [1.82, 2.24) is 0 Å². The van der Waals surface area contributed by atoms with Gasteiger partial charge in [0.2, 0.25) is 0 Å². The lowest BCUT2D eigenvalue weighted by molar-refractivity contribution is 0.364. The monoisotopic (exact) mass is 432 g/mol. The molecule has 2 unspecified atom stereocenters. The normalized spacial score (nSPS) is 13.8. The molecule has 0 aliphatic carbocycles. The molecule has 2 heteroatoms. The van der Waals surface area contributed by atoms with Crippen LogP contribution in [0.15, 0.2) is 0 Å². The van der Waals surface area contributed by atoms with Crippen LogP contribution in [0.5, 0.6) is 0 Å². The lowest BCUT2D eigenvalue weighted by atomic mass is 9.90. The Morgan fingerprint density at radius 1 is 0.682 bits per heavy atom. The van der Waals surface area contributed by atoms with Crippen molar-refractivity contribution >= 4 is 35.3 Å². The van der Waals surface area contributed by atoms with Crippen LogP contribution in [0.2, 0.25) is 4.55 Å². The van der Waals surface area contributed by atoms with E-state index in [1.165, 1.54) is 89.9 Å². The maximum atomic E-state index is 2.64. The molecule has 2 atom stereocenters. The summed E-state index contributed by atoms with van der Waals surface area (Å²) >= 11 is 2.92. The predicted molar refractivity (Wildman–Crippen MR) is 113 cm³/mol. The van der Waals surface area contributed by atoms with Crippen LogP contribution in [0.1, 0.15) is 111 Å². The Morgan fingerprint density at radius 2 is 1.14 bits per heavy atom. The molecule has 0 heterocycles. The van der Waals surface area contributed by atoms with E-state index in [-0.39, 0.29) is 16.5 Å². The third-order valence-corrected chi connectivity index (χ3v) is 7.99. The van der Waals surface area contributed by atoms with E-state index in [4.69, 9.17) is 0 Å². The van der Waals surface area contributed by atoms with Crippen molar-refractivity contribution in [2.75, 3.05) is 0 Å². The van der Waals surface area contributed by atoms with E-state index in [1.807, 2.05) is 0 Å². The molecule has 0 rings (SSSR count). The number of halogens is 1. The Kier molecular flexibility index (Phi) is 20.1. The highest BCUT2D eigenvalue weighted by Crippen LogP contribution is 2.22. The van der Waals surface area contributed by atoms with Crippen molar-refractivity contribution in [3.63, 3.8) is 0 Å². The summed E-state index contributed by atoms with van der Waals surface area (Å²) in [6.45, 7) is 7.26. The maximum absolute atomic E-state index is 2.64. The third kappa shape index (κ3) is 17.8. The lowest BCUT2D eigenvalue weighted by Crippen LogP contribution is -2.03. The Bertz CT molecular complexity index is 208. The SMILES string of the molecule is CCCCCCCCCCCCC(C)CC(C)CC[CH2][Mg][I]. The van der Waals surface area contributed by atoms with Gasteiger partial charge in [0.25, 0.3) is 0 Å². The second kappa shape index (κ2) is 18.8. The van der Waals surface area contributed by atoms with Gasteiger partial charge in [-0.15, -0.1) is 4.55 Å². The highest BCUT2D eigenvalue weighted by molar-refractivity contribution is 14.1. The Balaban J connectivity index is 3.25. The molecule has 0 nitrogen and oxygen atoms in total. The number of rotatable bonds is 17. The van der Waals surface area contributed by atoms with E-state index in [1.54, 1.807) is 4.55 Å². The summed E-state index contributed by atoms with van der Waals surface area (Å²) in [4.78, 5) is 0. The van der Waals surface area contributed by atoms with Crippen LogP contribution in [0, 0.1) is 11.8 Å². The van der Waals surface area contributed by atoms with Crippen LogP contribution < -0.4 is 0 Å². The smallest absolute Gasteiger partial charge is 0.301 e. The van der Waals surface area contributed by atoms with Crippen molar-refractivity contribution < 1.29 is 0 Å². The van der Waals surface area contributed by atoms with Gasteiger partial charge >= 0.3 is 16.5 Å². The minimum Gasteiger partial charge on any atom is -0.301 e. The molecule has 0 saturated carbocycles. The molecule has 0 radical (unpaired) electrons. The first kappa shape index (κ1) is 23.5. The van der Waals surface area contributed by atoms with Gasteiger partial charge in [-0.1, -0.05) is 104 Å². The third-order valence-electron chi connectivity index (χ3n) is 4.94. The summed E-state index contributed by atoms with van der Waals surface area (Å²) in [6, 6.07) is 0. The highest BCUT2D eigenvalue weighted by atomic mass is 127. The minimum absolute atomic E-state index is 0.284. The first-order valence-electron chi connectivity index (χ1n) is 10.3. The van der Waals surface area contributed by atoms with Gasteiger partial charge in [0.1, 0.15) is 0 Å². The molecule has 0 spiro atoms. The van der Waals surface area contributed by atoms with E-state index in [9.17, 15) is 0 Å². The van der Waals surface area contributed by atoms with E-state index < -0.39 is 0 Å². The van der Waals surface area contributed by atoms with Gasteiger partial charge in [-0.3, -0.25) is 0 Å². The average molecular weight is 433 g/mol. The molecular formula is C20H41IMg. The fourth-order valence-corrected chi connectivity index (χ4v) is 5.59. The van der Waals surface area contributed by atoms with Gasteiger partial charge in [0.15, 0.2) is 0 Å². The van der Waals surface area contributed by atoms with Crippen molar-refractivity contribution in [2.45, 2.75) is 115 Å². The Morgan fingerprint density at radius 3 is 1.64 bits per heavy atom. The second-order valence-corrected chi connectivity index (χ2v) is 11.9. The van der Waals surface area contributed by atoms with Gasteiger partial charge in [-0.05, 0) is 18.3 Å². The Labute approximate surface area is 161 Å². The van der Waals surface area contributed by atoms with Crippen LogP contribution in [0.4, 0.5) is 0 Å². The summed E-state index contributed by atoms with van der Waals surface area (Å²) in [6.07, 6.45) is 20.6. The molecule has 0 aromatic carbocycles. The molecule has 0 saturated heterocycles. The molecule has 130 valence electrons. The molecular weight excluding hydrogens is 391 g/mol.